The maximum atomic E-state index is 13.0. The Morgan fingerprint density at radius 2 is 1.61 bits per heavy atom. The second kappa shape index (κ2) is 6.30. The van der Waals surface area contributed by atoms with E-state index in [1.165, 1.54) is 37.8 Å². The van der Waals surface area contributed by atoms with Crippen LogP contribution in [0.15, 0.2) is 24.3 Å². The SMILES string of the molecule is CC(N)C(c1ccc(F)cc1)N1CCCCCC1. The number of nitrogens with two attached hydrogens (primary N) is 1. The van der Waals surface area contributed by atoms with E-state index in [1.807, 2.05) is 19.1 Å². The molecule has 100 valence electrons. The second-order valence-electron chi connectivity index (χ2n) is 5.31. The van der Waals surface area contributed by atoms with Crippen molar-refractivity contribution in [1.82, 2.24) is 4.90 Å². The van der Waals surface area contributed by atoms with Crippen molar-refractivity contribution in [2.75, 3.05) is 13.1 Å². The Morgan fingerprint density at radius 1 is 1.06 bits per heavy atom. The highest BCUT2D eigenvalue weighted by atomic mass is 19.1. The van der Waals surface area contributed by atoms with E-state index in [-0.39, 0.29) is 17.9 Å². The normalized spacial score (nSPS) is 21.3. The lowest BCUT2D eigenvalue weighted by Gasteiger charge is -2.33. The summed E-state index contributed by atoms with van der Waals surface area (Å²) in [5.74, 6) is -0.182. The highest BCUT2D eigenvalue weighted by molar-refractivity contribution is 5.21. The molecule has 1 aliphatic rings. The van der Waals surface area contributed by atoms with Gasteiger partial charge in [0.25, 0.3) is 0 Å². The first-order chi connectivity index (χ1) is 8.68. The average molecular weight is 250 g/mol. The van der Waals surface area contributed by atoms with Gasteiger partial charge in [0.05, 0.1) is 0 Å². The Bertz CT molecular complexity index is 353. The minimum absolute atomic E-state index is 0.0635. The molecule has 18 heavy (non-hydrogen) atoms. The summed E-state index contributed by atoms with van der Waals surface area (Å²) in [6, 6.07) is 7.07. The van der Waals surface area contributed by atoms with Crippen molar-refractivity contribution in [3.63, 3.8) is 0 Å². The molecule has 0 saturated carbocycles. The van der Waals surface area contributed by atoms with Crippen molar-refractivity contribution < 1.29 is 4.39 Å². The molecule has 2 nitrogen and oxygen atoms in total. The molecule has 1 aliphatic heterocycles. The van der Waals surface area contributed by atoms with Crippen LogP contribution in [0.25, 0.3) is 0 Å². The quantitative estimate of drug-likeness (QED) is 0.893. The molecule has 1 fully saturated rings. The summed E-state index contributed by atoms with van der Waals surface area (Å²) in [5, 5.41) is 0. The standard InChI is InChI=1S/C15H23FN2/c1-12(17)15(13-6-8-14(16)9-7-13)18-10-4-2-3-5-11-18/h6-9,12,15H,2-5,10-11,17H2,1H3. The van der Waals surface area contributed by atoms with E-state index in [0.29, 0.717) is 0 Å². The molecule has 2 atom stereocenters. The van der Waals surface area contributed by atoms with Crippen LogP contribution in [0.2, 0.25) is 0 Å². The van der Waals surface area contributed by atoms with Gasteiger partial charge in [-0.3, -0.25) is 4.90 Å². The first-order valence-electron chi connectivity index (χ1n) is 6.93. The summed E-state index contributed by atoms with van der Waals surface area (Å²) in [6.07, 6.45) is 5.10. The third-order valence-corrected chi connectivity index (χ3v) is 3.74. The number of nitrogens with zero attached hydrogens (tertiary/aromatic N) is 1. The van der Waals surface area contributed by atoms with Crippen LogP contribution in [0.3, 0.4) is 0 Å². The van der Waals surface area contributed by atoms with Crippen LogP contribution >= 0.6 is 0 Å². The summed E-state index contributed by atoms with van der Waals surface area (Å²) >= 11 is 0. The maximum absolute atomic E-state index is 13.0. The predicted molar refractivity (Wildman–Crippen MR) is 72.8 cm³/mol. The number of hydrogen-bond acceptors (Lipinski definition) is 2. The van der Waals surface area contributed by atoms with Crippen molar-refractivity contribution in [2.24, 2.45) is 5.73 Å². The Morgan fingerprint density at radius 3 is 2.11 bits per heavy atom. The van der Waals surface area contributed by atoms with Crippen molar-refractivity contribution in [1.29, 1.82) is 0 Å². The van der Waals surface area contributed by atoms with E-state index in [2.05, 4.69) is 4.90 Å². The summed E-state index contributed by atoms with van der Waals surface area (Å²) in [7, 11) is 0. The molecule has 2 rings (SSSR count). The minimum Gasteiger partial charge on any atom is -0.326 e. The Labute approximate surface area is 109 Å². The molecule has 1 aromatic rings. The number of halogens is 1. The van der Waals surface area contributed by atoms with Crippen molar-refractivity contribution in [3.8, 4) is 0 Å². The highest BCUT2D eigenvalue weighted by Crippen LogP contribution is 2.26. The Balaban J connectivity index is 2.18. The molecule has 3 heteroatoms. The number of benzene rings is 1. The zero-order chi connectivity index (χ0) is 13.0. The van der Waals surface area contributed by atoms with Gasteiger partial charge in [-0.25, -0.2) is 4.39 Å². The molecule has 0 aromatic heterocycles. The molecular weight excluding hydrogens is 227 g/mol. The number of likely N-dealkylation sites (tertiary alicyclic amines) is 1. The summed E-state index contributed by atoms with van der Waals surface area (Å²) in [5.41, 5.74) is 7.29. The van der Waals surface area contributed by atoms with Gasteiger partial charge in [0.1, 0.15) is 5.82 Å². The van der Waals surface area contributed by atoms with E-state index in [0.717, 1.165) is 18.7 Å². The van der Waals surface area contributed by atoms with Gasteiger partial charge >= 0.3 is 0 Å². The maximum Gasteiger partial charge on any atom is 0.123 e. The lowest BCUT2D eigenvalue weighted by Crippen LogP contribution is -2.40. The molecule has 2 unspecified atom stereocenters. The summed E-state index contributed by atoms with van der Waals surface area (Å²) < 4.78 is 13.0. The smallest absolute Gasteiger partial charge is 0.123 e. The molecule has 2 N–H and O–H groups in total. The third-order valence-electron chi connectivity index (χ3n) is 3.74. The van der Waals surface area contributed by atoms with Crippen LogP contribution in [0.5, 0.6) is 0 Å². The highest BCUT2D eigenvalue weighted by Gasteiger charge is 2.24. The zero-order valence-electron chi connectivity index (χ0n) is 11.1. The van der Waals surface area contributed by atoms with Gasteiger partial charge in [-0.15, -0.1) is 0 Å². The topological polar surface area (TPSA) is 29.3 Å². The van der Waals surface area contributed by atoms with Crippen molar-refractivity contribution in [2.45, 2.75) is 44.7 Å². The fourth-order valence-electron chi connectivity index (χ4n) is 2.88. The Kier molecular flexibility index (Phi) is 4.72. The van der Waals surface area contributed by atoms with Crippen molar-refractivity contribution in [3.05, 3.63) is 35.6 Å². The first kappa shape index (κ1) is 13.5. The second-order valence-corrected chi connectivity index (χ2v) is 5.31. The van der Waals surface area contributed by atoms with Gasteiger partial charge in [0.2, 0.25) is 0 Å². The fraction of sp³-hybridized carbons (Fsp3) is 0.600. The Hall–Kier alpha value is -0.930. The average Bonchev–Trinajstić information content (AvgIpc) is 2.60. The van der Waals surface area contributed by atoms with Gasteiger partial charge < -0.3 is 5.73 Å². The molecule has 1 heterocycles. The molecule has 0 radical (unpaired) electrons. The molecule has 0 amide bonds. The van der Waals surface area contributed by atoms with Crippen LogP contribution in [-0.4, -0.2) is 24.0 Å². The molecule has 0 aliphatic carbocycles. The molecule has 0 bridgehead atoms. The monoisotopic (exact) mass is 250 g/mol. The van der Waals surface area contributed by atoms with Gasteiger partial charge in [-0.05, 0) is 50.6 Å². The number of rotatable bonds is 3. The summed E-state index contributed by atoms with van der Waals surface area (Å²) in [4.78, 5) is 2.46. The van der Waals surface area contributed by atoms with Crippen LogP contribution in [0.4, 0.5) is 4.39 Å². The van der Waals surface area contributed by atoms with E-state index in [4.69, 9.17) is 5.73 Å². The zero-order valence-corrected chi connectivity index (χ0v) is 11.1. The number of hydrogen-bond donors (Lipinski definition) is 1. The third kappa shape index (κ3) is 3.30. The molecule has 1 aromatic carbocycles. The van der Waals surface area contributed by atoms with Gasteiger partial charge in [-0.2, -0.15) is 0 Å². The van der Waals surface area contributed by atoms with E-state index in [9.17, 15) is 4.39 Å². The fourth-order valence-corrected chi connectivity index (χ4v) is 2.88. The van der Waals surface area contributed by atoms with Gasteiger partial charge in [0, 0.05) is 12.1 Å². The summed E-state index contributed by atoms with van der Waals surface area (Å²) in [6.45, 7) is 4.24. The van der Waals surface area contributed by atoms with Crippen LogP contribution in [0.1, 0.15) is 44.2 Å². The largest absolute Gasteiger partial charge is 0.326 e. The van der Waals surface area contributed by atoms with E-state index >= 15 is 0 Å². The molecule has 1 saturated heterocycles. The van der Waals surface area contributed by atoms with Crippen LogP contribution in [-0.2, 0) is 0 Å². The predicted octanol–water partition coefficient (Wildman–Crippen LogP) is 3.09. The van der Waals surface area contributed by atoms with Gasteiger partial charge in [-0.1, -0.05) is 25.0 Å². The van der Waals surface area contributed by atoms with Crippen molar-refractivity contribution >= 4 is 0 Å². The lowest BCUT2D eigenvalue weighted by atomic mass is 9.99. The van der Waals surface area contributed by atoms with E-state index < -0.39 is 0 Å². The van der Waals surface area contributed by atoms with Crippen LogP contribution < -0.4 is 5.73 Å². The van der Waals surface area contributed by atoms with Gasteiger partial charge in [0.15, 0.2) is 0 Å². The van der Waals surface area contributed by atoms with E-state index in [1.54, 1.807) is 0 Å². The lowest BCUT2D eigenvalue weighted by molar-refractivity contribution is 0.183. The first-order valence-corrected chi connectivity index (χ1v) is 6.93. The van der Waals surface area contributed by atoms with Crippen LogP contribution in [0, 0.1) is 5.82 Å². The molecule has 0 spiro atoms. The molecular formula is C15H23FN2. The minimum atomic E-state index is -0.182.